The predicted octanol–water partition coefficient (Wildman–Crippen LogP) is 2.84. The molecule has 0 amide bonds. The first-order chi connectivity index (χ1) is 8.54. The normalized spacial score (nSPS) is 11.1. The largest absolute Gasteiger partial charge is 0.396 e. The maximum Gasteiger partial charge on any atom is 0.161 e. The maximum absolute atomic E-state index is 11.7. The van der Waals surface area contributed by atoms with Crippen LogP contribution in [0.15, 0.2) is 18.3 Å². The minimum absolute atomic E-state index is 0.0889. The average molecular weight is 245 g/mol. The van der Waals surface area contributed by atoms with Gasteiger partial charge in [-0.1, -0.05) is 0 Å². The molecule has 1 aromatic heterocycles. The van der Waals surface area contributed by atoms with Gasteiger partial charge in [-0.15, -0.1) is 0 Å². The van der Waals surface area contributed by atoms with E-state index in [1.165, 1.54) is 11.1 Å². The number of nitrogens with zero attached hydrogens (tertiary/aromatic N) is 1. The Kier molecular flexibility index (Phi) is 3.53. The summed E-state index contributed by atoms with van der Waals surface area (Å²) in [5.74, 6) is 0.0889. The van der Waals surface area contributed by atoms with Gasteiger partial charge in [0.15, 0.2) is 5.78 Å². The molecule has 0 radical (unpaired) electrons. The third kappa shape index (κ3) is 2.18. The van der Waals surface area contributed by atoms with Crippen LogP contribution in [0.2, 0.25) is 0 Å². The lowest BCUT2D eigenvalue weighted by Crippen LogP contribution is -1.98. The van der Waals surface area contributed by atoms with E-state index >= 15 is 0 Å². The average Bonchev–Trinajstić information content (AvgIpc) is 2.66. The van der Waals surface area contributed by atoms with Crippen LogP contribution in [-0.4, -0.2) is 22.1 Å². The van der Waals surface area contributed by atoms with E-state index in [4.69, 9.17) is 5.11 Å². The van der Waals surface area contributed by atoms with E-state index in [0.717, 1.165) is 23.0 Å². The molecule has 0 saturated carbocycles. The second kappa shape index (κ2) is 4.94. The number of ketones is 1. The van der Waals surface area contributed by atoms with Gasteiger partial charge in [0.1, 0.15) is 0 Å². The zero-order valence-electron chi connectivity index (χ0n) is 11.2. The molecule has 96 valence electrons. The first-order valence-electron chi connectivity index (χ1n) is 6.26. The highest BCUT2D eigenvalue weighted by molar-refractivity contribution is 6.07. The highest BCUT2D eigenvalue weighted by Gasteiger charge is 2.12. The lowest BCUT2D eigenvalue weighted by Gasteiger charge is -2.06. The zero-order valence-corrected chi connectivity index (χ0v) is 11.2. The van der Waals surface area contributed by atoms with Crippen LogP contribution in [0.25, 0.3) is 10.9 Å². The molecule has 1 N–H and O–H groups in total. The Hall–Kier alpha value is -1.61. The van der Waals surface area contributed by atoms with E-state index in [1.54, 1.807) is 6.92 Å². The van der Waals surface area contributed by atoms with E-state index in [2.05, 4.69) is 30.5 Å². The van der Waals surface area contributed by atoms with E-state index in [0.29, 0.717) is 6.42 Å². The van der Waals surface area contributed by atoms with Crippen molar-refractivity contribution in [1.29, 1.82) is 0 Å². The van der Waals surface area contributed by atoms with Gasteiger partial charge in [-0.05, 0) is 50.5 Å². The van der Waals surface area contributed by atoms with Gasteiger partial charge in [0.05, 0.1) is 0 Å². The molecule has 18 heavy (non-hydrogen) atoms. The summed E-state index contributed by atoms with van der Waals surface area (Å²) < 4.78 is 2.06. The number of aromatic nitrogens is 1. The van der Waals surface area contributed by atoms with Gasteiger partial charge in [0, 0.05) is 35.8 Å². The van der Waals surface area contributed by atoms with E-state index in [1.807, 2.05) is 6.20 Å². The number of aryl methyl sites for hydroxylation is 3. The minimum atomic E-state index is 0.0889. The van der Waals surface area contributed by atoms with Crippen molar-refractivity contribution in [2.24, 2.45) is 0 Å². The Bertz CT molecular complexity index is 596. The second-order valence-electron chi connectivity index (χ2n) is 4.82. The van der Waals surface area contributed by atoms with E-state index < -0.39 is 0 Å². The lowest BCUT2D eigenvalue weighted by atomic mass is 10.0. The molecule has 0 aliphatic rings. The van der Waals surface area contributed by atoms with Gasteiger partial charge in [0.25, 0.3) is 0 Å². The van der Waals surface area contributed by atoms with Crippen LogP contribution >= 0.6 is 0 Å². The van der Waals surface area contributed by atoms with Gasteiger partial charge in [-0.25, -0.2) is 0 Å². The first-order valence-corrected chi connectivity index (χ1v) is 6.26. The van der Waals surface area contributed by atoms with Crippen molar-refractivity contribution in [2.75, 3.05) is 6.61 Å². The van der Waals surface area contributed by atoms with Crippen LogP contribution < -0.4 is 0 Å². The lowest BCUT2D eigenvalue weighted by molar-refractivity contribution is 0.101. The number of rotatable bonds is 4. The Labute approximate surface area is 107 Å². The standard InChI is InChI=1S/C15H19NO2/c1-10-7-13-14(12(3)18)9-16(5-4-6-17)15(13)8-11(10)2/h7-9,17H,4-6H2,1-3H3. The molecule has 1 aromatic carbocycles. The van der Waals surface area contributed by atoms with Gasteiger partial charge < -0.3 is 9.67 Å². The number of hydrogen-bond acceptors (Lipinski definition) is 2. The Morgan fingerprint density at radius 1 is 1.28 bits per heavy atom. The number of aliphatic hydroxyl groups is 1. The molecular formula is C15H19NO2. The molecule has 2 rings (SSSR count). The number of aliphatic hydroxyl groups excluding tert-OH is 1. The molecule has 0 fully saturated rings. The van der Waals surface area contributed by atoms with Crippen molar-refractivity contribution in [1.82, 2.24) is 4.57 Å². The summed E-state index contributed by atoms with van der Waals surface area (Å²) in [5.41, 5.74) is 4.27. The fraction of sp³-hybridized carbons (Fsp3) is 0.400. The molecule has 0 spiro atoms. The van der Waals surface area contributed by atoms with Gasteiger partial charge in [0.2, 0.25) is 0 Å². The second-order valence-corrected chi connectivity index (χ2v) is 4.82. The van der Waals surface area contributed by atoms with Crippen LogP contribution in [-0.2, 0) is 6.54 Å². The van der Waals surface area contributed by atoms with Crippen LogP contribution in [0, 0.1) is 13.8 Å². The molecule has 0 bridgehead atoms. The van der Waals surface area contributed by atoms with Crippen molar-refractivity contribution in [3.05, 3.63) is 35.0 Å². The smallest absolute Gasteiger partial charge is 0.161 e. The van der Waals surface area contributed by atoms with Crippen LogP contribution in [0.3, 0.4) is 0 Å². The van der Waals surface area contributed by atoms with Crippen molar-refractivity contribution in [2.45, 2.75) is 33.7 Å². The molecule has 0 aliphatic heterocycles. The molecule has 0 atom stereocenters. The number of carbonyl (C=O) groups is 1. The third-order valence-corrected chi connectivity index (χ3v) is 3.43. The van der Waals surface area contributed by atoms with Gasteiger partial charge in [-0.2, -0.15) is 0 Å². The monoisotopic (exact) mass is 245 g/mol. The number of carbonyl (C=O) groups excluding carboxylic acids is 1. The molecule has 2 aromatic rings. The van der Waals surface area contributed by atoms with Gasteiger partial charge >= 0.3 is 0 Å². The third-order valence-electron chi connectivity index (χ3n) is 3.43. The van der Waals surface area contributed by atoms with Crippen molar-refractivity contribution < 1.29 is 9.90 Å². The van der Waals surface area contributed by atoms with E-state index in [9.17, 15) is 4.79 Å². The van der Waals surface area contributed by atoms with Crippen molar-refractivity contribution in [3.63, 3.8) is 0 Å². The molecule has 0 aliphatic carbocycles. The molecule has 0 unspecified atom stereocenters. The van der Waals surface area contributed by atoms with Crippen LogP contribution in [0.1, 0.15) is 34.8 Å². The molecule has 1 heterocycles. The molecular weight excluding hydrogens is 226 g/mol. The van der Waals surface area contributed by atoms with Crippen molar-refractivity contribution in [3.8, 4) is 0 Å². The minimum Gasteiger partial charge on any atom is -0.396 e. The topological polar surface area (TPSA) is 42.2 Å². The summed E-state index contributed by atoms with van der Waals surface area (Å²) in [6, 6.07) is 4.20. The highest BCUT2D eigenvalue weighted by Crippen LogP contribution is 2.25. The number of hydrogen-bond donors (Lipinski definition) is 1. The number of fused-ring (bicyclic) bond motifs is 1. The van der Waals surface area contributed by atoms with Crippen LogP contribution in [0.4, 0.5) is 0 Å². The Balaban J connectivity index is 2.64. The van der Waals surface area contributed by atoms with Gasteiger partial charge in [-0.3, -0.25) is 4.79 Å². The molecule has 3 nitrogen and oxygen atoms in total. The Morgan fingerprint density at radius 2 is 1.94 bits per heavy atom. The summed E-state index contributed by atoms with van der Waals surface area (Å²) >= 11 is 0. The first kappa shape index (κ1) is 12.8. The predicted molar refractivity (Wildman–Crippen MR) is 73.1 cm³/mol. The number of Topliss-reactive ketones (excluding diaryl/α,β-unsaturated/α-hetero) is 1. The summed E-state index contributed by atoms with van der Waals surface area (Å²) in [6.07, 6.45) is 2.61. The fourth-order valence-corrected chi connectivity index (χ4v) is 2.26. The highest BCUT2D eigenvalue weighted by atomic mass is 16.3. The molecule has 3 heteroatoms. The number of benzene rings is 1. The fourth-order valence-electron chi connectivity index (χ4n) is 2.26. The van der Waals surface area contributed by atoms with Crippen molar-refractivity contribution >= 4 is 16.7 Å². The van der Waals surface area contributed by atoms with Crippen LogP contribution in [0.5, 0.6) is 0 Å². The zero-order chi connectivity index (χ0) is 13.3. The maximum atomic E-state index is 11.7. The summed E-state index contributed by atoms with van der Waals surface area (Å²) in [5, 5.41) is 9.95. The summed E-state index contributed by atoms with van der Waals surface area (Å²) in [7, 11) is 0. The van der Waals surface area contributed by atoms with E-state index in [-0.39, 0.29) is 12.4 Å². The Morgan fingerprint density at radius 3 is 2.56 bits per heavy atom. The SMILES string of the molecule is CC(=O)c1cn(CCCO)c2cc(C)c(C)cc12. The molecule has 0 saturated heterocycles. The summed E-state index contributed by atoms with van der Waals surface area (Å²) in [6.45, 7) is 6.64. The quantitative estimate of drug-likeness (QED) is 0.842. The summed E-state index contributed by atoms with van der Waals surface area (Å²) in [4.78, 5) is 11.7.